The first-order chi connectivity index (χ1) is 14.8. The summed E-state index contributed by atoms with van der Waals surface area (Å²) < 4.78 is 6.54. The number of fused-ring (bicyclic) bond motifs is 1. The number of carboxylic acids is 1. The van der Waals surface area contributed by atoms with Crippen LogP contribution in [-0.2, 0) is 4.79 Å². The van der Waals surface area contributed by atoms with Gasteiger partial charge in [-0.15, -0.1) is 0 Å². The number of benzene rings is 2. The molecule has 4 rings (SSSR count). The monoisotopic (exact) mass is 456 g/mol. The maximum Gasteiger partial charge on any atom is 1.00 e. The van der Waals surface area contributed by atoms with Gasteiger partial charge in [-0.1, -0.05) is 43.4 Å². The third-order valence-corrected chi connectivity index (χ3v) is 5.78. The van der Waals surface area contributed by atoms with Crippen LogP contribution in [0.1, 0.15) is 19.4 Å². The van der Waals surface area contributed by atoms with Crippen molar-refractivity contribution in [3.63, 3.8) is 0 Å². The molecule has 2 heterocycles. The molecule has 1 N–H and O–H groups in total. The predicted octanol–water partition coefficient (Wildman–Crippen LogP) is 0.964. The van der Waals surface area contributed by atoms with Gasteiger partial charge >= 0.3 is 35.6 Å². The fourth-order valence-corrected chi connectivity index (χ4v) is 3.83. The van der Waals surface area contributed by atoms with Crippen molar-refractivity contribution in [2.45, 2.75) is 20.8 Å². The number of aryl methyl sites for hydroxylation is 1. The first-order valence-corrected chi connectivity index (χ1v) is 10.5. The van der Waals surface area contributed by atoms with Gasteiger partial charge < -0.3 is 20.0 Å². The molecule has 0 fully saturated rings. The molecule has 0 aliphatic carbocycles. The van der Waals surface area contributed by atoms with Gasteiger partial charge in [0.25, 0.3) is 0 Å². The molecule has 0 aliphatic heterocycles. The molecule has 0 saturated heterocycles. The maximum absolute atomic E-state index is 11.1. The molecular weight excluding hydrogens is 435 g/mol. The third-order valence-electron chi connectivity index (χ3n) is 4.83. The minimum Gasteiger partial charge on any atom is -0.549 e. The normalized spacial score (nSPS) is 11.1. The van der Waals surface area contributed by atoms with Crippen molar-refractivity contribution in [3.05, 3.63) is 60.4 Å². The third kappa shape index (κ3) is 5.45. The van der Waals surface area contributed by atoms with Crippen LogP contribution in [0, 0.1) is 12.3 Å². The van der Waals surface area contributed by atoms with Gasteiger partial charge in [-0.05, 0) is 42.3 Å². The number of hydrogen-bond donors (Lipinski definition) is 1. The van der Waals surface area contributed by atoms with E-state index in [1.807, 2.05) is 43.3 Å². The summed E-state index contributed by atoms with van der Waals surface area (Å²) in [4.78, 5) is 24.1. The molecule has 9 heteroatoms. The molecular formula is C23H21N4NaO3S. The number of aliphatic carboxylic acids is 1. The number of ether oxygens (including phenoxy) is 1. The molecule has 32 heavy (non-hydrogen) atoms. The van der Waals surface area contributed by atoms with Crippen molar-refractivity contribution in [2.75, 3.05) is 11.9 Å². The summed E-state index contributed by atoms with van der Waals surface area (Å²) in [6.45, 7) is 5.01. The summed E-state index contributed by atoms with van der Waals surface area (Å²) in [7, 11) is 0. The zero-order valence-corrected chi connectivity index (χ0v) is 21.2. The molecule has 0 unspecified atom stereocenters. The number of rotatable bonds is 7. The Labute approximate surface area is 212 Å². The van der Waals surface area contributed by atoms with E-state index in [4.69, 9.17) is 4.74 Å². The maximum atomic E-state index is 11.1. The van der Waals surface area contributed by atoms with Crippen molar-refractivity contribution < 1.29 is 44.2 Å². The fourth-order valence-electron chi connectivity index (χ4n) is 2.95. The zero-order chi connectivity index (χ0) is 22.0. The van der Waals surface area contributed by atoms with Crippen molar-refractivity contribution in [1.82, 2.24) is 15.0 Å². The number of nitrogens with zero attached hydrogens (tertiary/aromatic N) is 3. The van der Waals surface area contributed by atoms with E-state index >= 15 is 0 Å². The van der Waals surface area contributed by atoms with E-state index in [1.165, 1.54) is 13.8 Å². The van der Waals surface area contributed by atoms with Crippen molar-refractivity contribution in [1.29, 1.82) is 0 Å². The number of carbonyl (C=O) groups is 1. The number of hydrogen-bond acceptors (Lipinski definition) is 8. The summed E-state index contributed by atoms with van der Waals surface area (Å²) in [5.41, 5.74) is 3.70. The van der Waals surface area contributed by atoms with Crippen LogP contribution in [0.15, 0.2) is 54.9 Å². The molecule has 7 nitrogen and oxygen atoms in total. The first kappa shape index (κ1) is 24.1. The molecule has 2 aromatic carbocycles. The predicted molar refractivity (Wildman–Crippen MR) is 119 cm³/mol. The van der Waals surface area contributed by atoms with Crippen LogP contribution in [0.5, 0.6) is 6.01 Å². The summed E-state index contributed by atoms with van der Waals surface area (Å²) >= 11 is 1.61. The molecule has 0 amide bonds. The summed E-state index contributed by atoms with van der Waals surface area (Å²) in [6, 6.07) is 14.2. The average Bonchev–Trinajstić information content (AvgIpc) is 3.15. The molecule has 158 valence electrons. The molecule has 2 aromatic heterocycles. The van der Waals surface area contributed by atoms with Crippen molar-refractivity contribution in [2.24, 2.45) is 5.41 Å². The van der Waals surface area contributed by atoms with Crippen LogP contribution in [0.4, 0.5) is 10.8 Å². The van der Waals surface area contributed by atoms with Crippen LogP contribution in [-0.4, -0.2) is 27.5 Å². The Kier molecular flexibility index (Phi) is 7.51. The van der Waals surface area contributed by atoms with Gasteiger partial charge in [-0.25, -0.2) is 15.0 Å². The average molecular weight is 457 g/mol. The summed E-state index contributed by atoms with van der Waals surface area (Å²) in [5.74, 6) is -1.18. The molecule has 0 spiro atoms. The number of nitrogens with one attached hydrogen (secondary N) is 1. The SMILES string of the molecule is Cc1cc(Nc2nc3ccccc3s2)ccc1-c1cnc(OCC(C)(C)C(=O)[O-])nc1.[Na+]. The fraction of sp³-hybridized carbons (Fsp3) is 0.217. The minimum absolute atomic E-state index is 0. The standard InChI is InChI=1S/C23H22N4O3S.Na/c1-14-10-16(26-22-27-18-6-4-5-7-19(18)31-22)8-9-17(14)15-11-24-21(25-12-15)30-13-23(2,3)20(28)29;/h4-12H,13H2,1-3H3,(H,26,27)(H,28,29);/q;+1/p-1. The Morgan fingerprint density at radius 3 is 2.53 bits per heavy atom. The van der Waals surface area contributed by atoms with Crippen molar-refractivity contribution in [3.8, 4) is 17.1 Å². The number of anilines is 2. The Balaban J connectivity index is 0.00000289. The second-order valence-corrected chi connectivity index (χ2v) is 8.89. The van der Waals surface area contributed by atoms with Gasteiger partial charge in [0, 0.05) is 29.1 Å². The van der Waals surface area contributed by atoms with Crippen LogP contribution < -0.4 is 44.7 Å². The summed E-state index contributed by atoms with van der Waals surface area (Å²) in [6.07, 6.45) is 3.33. The number of carboxylic acid groups (broad SMARTS) is 1. The van der Waals surface area contributed by atoms with Crippen LogP contribution in [0.2, 0.25) is 0 Å². The van der Waals surface area contributed by atoms with Gasteiger partial charge in [0.05, 0.1) is 16.2 Å². The number of thiazole rings is 1. The molecule has 0 bridgehead atoms. The van der Waals surface area contributed by atoms with E-state index in [2.05, 4.69) is 26.3 Å². The number of para-hydroxylation sites is 1. The molecule has 0 saturated carbocycles. The van der Waals surface area contributed by atoms with E-state index in [0.717, 1.165) is 37.7 Å². The Bertz CT molecular complexity index is 1210. The minimum atomic E-state index is -1.18. The van der Waals surface area contributed by atoms with E-state index in [-0.39, 0.29) is 42.2 Å². The van der Waals surface area contributed by atoms with Gasteiger partial charge in [0.15, 0.2) is 5.13 Å². The largest absolute Gasteiger partial charge is 1.00 e. The Morgan fingerprint density at radius 2 is 1.88 bits per heavy atom. The number of carbonyl (C=O) groups excluding carboxylic acids is 1. The number of aromatic nitrogens is 3. The van der Waals surface area contributed by atoms with E-state index in [1.54, 1.807) is 23.7 Å². The van der Waals surface area contributed by atoms with Gasteiger partial charge in [-0.2, -0.15) is 0 Å². The first-order valence-electron chi connectivity index (χ1n) is 9.72. The topological polar surface area (TPSA) is 100 Å². The van der Waals surface area contributed by atoms with Crippen LogP contribution in [0.25, 0.3) is 21.3 Å². The summed E-state index contributed by atoms with van der Waals surface area (Å²) in [5, 5.41) is 15.3. The quantitative estimate of drug-likeness (QED) is 0.414. The molecule has 0 atom stereocenters. The van der Waals surface area contributed by atoms with E-state index in [9.17, 15) is 9.90 Å². The van der Waals surface area contributed by atoms with Crippen molar-refractivity contribution >= 4 is 38.3 Å². The second-order valence-electron chi connectivity index (χ2n) is 7.86. The molecule has 0 aliphatic rings. The molecule has 0 radical (unpaired) electrons. The zero-order valence-electron chi connectivity index (χ0n) is 18.4. The Morgan fingerprint density at radius 1 is 1.16 bits per heavy atom. The van der Waals surface area contributed by atoms with Gasteiger partial charge in [0.1, 0.15) is 6.61 Å². The van der Waals surface area contributed by atoms with E-state index < -0.39 is 11.4 Å². The van der Waals surface area contributed by atoms with Crippen LogP contribution >= 0.6 is 11.3 Å². The van der Waals surface area contributed by atoms with Gasteiger partial charge in [-0.3, -0.25) is 0 Å². The Hall–Kier alpha value is -2.52. The van der Waals surface area contributed by atoms with Gasteiger partial charge in [0.2, 0.25) is 0 Å². The van der Waals surface area contributed by atoms with Crippen LogP contribution in [0.3, 0.4) is 0 Å². The second kappa shape index (κ2) is 9.95. The molecule has 4 aromatic rings. The van der Waals surface area contributed by atoms with E-state index in [0.29, 0.717) is 0 Å². The smallest absolute Gasteiger partial charge is 0.549 e.